The normalized spacial score (nSPS) is 15.8. The van der Waals surface area contributed by atoms with Gasteiger partial charge >= 0.3 is 0 Å². The van der Waals surface area contributed by atoms with Crippen LogP contribution in [0.2, 0.25) is 0 Å². The van der Waals surface area contributed by atoms with Crippen molar-refractivity contribution in [2.75, 3.05) is 17.3 Å². The maximum absolute atomic E-state index is 5.82. The lowest BCUT2D eigenvalue weighted by Gasteiger charge is -2.38. The second-order valence-electron chi connectivity index (χ2n) is 5.28. The molecule has 0 unspecified atom stereocenters. The van der Waals surface area contributed by atoms with Crippen molar-refractivity contribution in [1.29, 1.82) is 0 Å². The summed E-state index contributed by atoms with van der Waals surface area (Å²) in [5, 5.41) is 0. The second kappa shape index (κ2) is 6.37. The van der Waals surface area contributed by atoms with Crippen LogP contribution in [0.3, 0.4) is 0 Å². The molecule has 0 aromatic carbocycles. The average molecular weight is 268 g/mol. The van der Waals surface area contributed by atoms with Gasteiger partial charge in [0.15, 0.2) is 0 Å². The molecule has 0 aliphatic heterocycles. The van der Waals surface area contributed by atoms with Gasteiger partial charge in [0.05, 0.1) is 0 Å². The number of hydrogen-bond acceptors (Lipinski definition) is 3. The third-order valence-electron chi connectivity index (χ3n) is 3.61. The van der Waals surface area contributed by atoms with Crippen molar-refractivity contribution in [3.8, 4) is 0 Å². The van der Waals surface area contributed by atoms with Crippen LogP contribution in [0.1, 0.15) is 51.1 Å². The maximum atomic E-state index is 5.82. The Morgan fingerprint density at radius 2 is 2.17 bits per heavy atom. The Kier molecular flexibility index (Phi) is 4.81. The number of alkyl halides is 1. The van der Waals surface area contributed by atoms with Gasteiger partial charge in [0, 0.05) is 30.2 Å². The summed E-state index contributed by atoms with van der Waals surface area (Å²) < 4.78 is 0. The van der Waals surface area contributed by atoms with Crippen LogP contribution in [0.25, 0.3) is 0 Å². The number of anilines is 1. The highest BCUT2D eigenvalue weighted by atomic mass is 35.5. The minimum Gasteiger partial charge on any atom is -0.353 e. The molecule has 1 aliphatic rings. The third-order valence-corrected chi connectivity index (χ3v) is 3.87. The van der Waals surface area contributed by atoms with E-state index in [-0.39, 0.29) is 0 Å². The van der Waals surface area contributed by atoms with E-state index in [2.05, 4.69) is 34.8 Å². The number of rotatable bonds is 6. The van der Waals surface area contributed by atoms with Crippen LogP contribution < -0.4 is 4.90 Å². The number of halogens is 1. The highest BCUT2D eigenvalue weighted by molar-refractivity contribution is 6.17. The SMILES string of the molecule is CC(C)c1cc(N(CCCCl)C2CCC2)ncn1. The minimum absolute atomic E-state index is 0.447. The van der Waals surface area contributed by atoms with Crippen LogP contribution >= 0.6 is 11.6 Å². The molecule has 1 saturated carbocycles. The standard InChI is InChI=1S/C14H22ClN3/c1-11(2)13-9-14(17-10-16-13)18(8-4-7-15)12-5-3-6-12/h9-12H,3-8H2,1-2H3. The molecule has 0 atom stereocenters. The molecule has 2 rings (SSSR count). The smallest absolute Gasteiger partial charge is 0.132 e. The number of nitrogens with zero attached hydrogens (tertiary/aromatic N) is 3. The highest BCUT2D eigenvalue weighted by Crippen LogP contribution is 2.29. The Bertz CT molecular complexity index is 377. The Labute approximate surface area is 115 Å². The zero-order valence-electron chi connectivity index (χ0n) is 11.3. The van der Waals surface area contributed by atoms with Gasteiger partial charge in [-0.3, -0.25) is 0 Å². The van der Waals surface area contributed by atoms with E-state index in [4.69, 9.17) is 11.6 Å². The van der Waals surface area contributed by atoms with E-state index < -0.39 is 0 Å². The highest BCUT2D eigenvalue weighted by Gasteiger charge is 2.25. The van der Waals surface area contributed by atoms with E-state index in [9.17, 15) is 0 Å². The quantitative estimate of drug-likeness (QED) is 0.738. The molecule has 1 aromatic rings. The average Bonchev–Trinajstić information content (AvgIpc) is 2.32. The Balaban J connectivity index is 2.15. The molecule has 0 spiro atoms. The third kappa shape index (κ3) is 3.14. The molecule has 1 aliphatic carbocycles. The first kappa shape index (κ1) is 13.6. The fourth-order valence-electron chi connectivity index (χ4n) is 2.25. The summed E-state index contributed by atoms with van der Waals surface area (Å²) in [6.45, 7) is 5.33. The predicted octanol–water partition coefficient (Wildman–Crippen LogP) is 3.59. The van der Waals surface area contributed by atoms with Crippen LogP contribution in [0.4, 0.5) is 5.82 Å². The Morgan fingerprint density at radius 3 is 2.72 bits per heavy atom. The van der Waals surface area contributed by atoms with E-state index in [1.165, 1.54) is 19.3 Å². The lowest BCUT2D eigenvalue weighted by atomic mass is 9.91. The predicted molar refractivity (Wildman–Crippen MR) is 76.4 cm³/mol. The molecule has 3 nitrogen and oxygen atoms in total. The monoisotopic (exact) mass is 267 g/mol. The van der Waals surface area contributed by atoms with Crippen LogP contribution in [0.5, 0.6) is 0 Å². The summed E-state index contributed by atoms with van der Waals surface area (Å²) in [6.07, 6.45) is 6.60. The molecule has 0 amide bonds. The summed E-state index contributed by atoms with van der Waals surface area (Å²) in [5.41, 5.74) is 1.12. The van der Waals surface area contributed by atoms with Crippen molar-refractivity contribution in [2.45, 2.75) is 51.5 Å². The molecular formula is C14H22ClN3. The molecule has 0 N–H and O–H groups in total. The molecule has 1 aromatic heterocycles. The summed E-state index contributed by atoms with van der Waals surface area (Å²) >= 11 is 5.82. The fraction of sp³-hybridized carbons (Fsp3) is 0.714. The van der Waals surface area contributed by atoms with Crippen LogP contribution in [-0.2, 0) is 0 Å². The van der Waals surface area contributed by atoms with E-state index >= 15 is 0 Å². The lowest BCUT2D eigenvalue weighted by molar-refractivity contribution is 0.383. The van der Waals surface area contributed by atoms with Crippen molar-refractivity contribution in [1.82, 2.24) is 9.97 Å². The second-order valence-corrected chi connectivity index (χ2v) is 5.65. The van der Waals surface area contributed by atoms with Gasteiger partial charge in [-0.1, -0.05) is 13.8 Å². The molecule has 18 heavy (non-hydrogen) atoms. The zero-order valence-corrected chi connectivity index (χ0v) is 12.0. The van der Waals surface area contributed by atoms with Crippen LogP contribution in [0, 0.1) is 0 Å². The van der Waals surface area contributed by atoms with E-state index in [1.54, 1.807) is 6.33 Å². The molecule has 4 heteroatoms. The lowest BCUT2D eigenvalue weighted by Crippen LogP contribution is -2.41. The van der Waals surface area contributed by atoms with Gasteiger partial charge in [0.25, 0.3) is 0 Å². The maximum Gasteiger partial charge on any atom is 0.132 e. The zero-order chi connectivity index (χ0) is 13.0. The van der Waals surface area contributed by atoms with E-state index in [0.717, 1.165) is 24.5 Å². The van der Waals surface area contributed by atoms with Crippen molar-refractivity contribution < 1.29 is 0 Å². The first-order chi connectivity index (χ1) is 8.72. The fourth-order valence-corrected chi connectivity index (χ4v) is 2.37. The van der Waals surface area contributed by atoms with Crippen molar-refractivity contribution in [3.05, 3.63) is 18.1 Å². The Morgan fingerprint density at radius 1 is 1.39 bits per heavy atom. The van der Waals surface area contributed by atoms with Gasteiger partial charge in [-0.25, -0.2) is 9.97 Å². The van der Waals surface area contributed by atoms with Gasteiger partial charge in [-0.2, -0.15) is 0 Å². The van der Waals surface area contributed by atoms with Crippen LogP contribution in [-0.4, -0.2) is 28.4 Å². The first-order valence-electron chi connectivity index (χ1n) is 6.87. The molecule has 1 fully saturated rings. The molecule has 0 bridgehead atoms. The number of hydrogen-bond donors (Lipinski definition) is 0. The van der Waals surface area contributed by atoms with E-state index in [1.807, 2.05) is 0 Å². The molecule has 1 heterocycles. The topological polar surface area (TPSA) is 29.0 Å². The van der Waals surface area contributed by atoms with Gasteiger partial charge in [-0.15, -0.1) is 11.6 Å². The molecule has 0 saturated heterocycles. The van der Waals surface area contributed by atoms with Crippen molar-refractivity contribution >= 4 is 17.4 Å². The minimum atomic E-state index is 0.447. The van der Waals surface area contributed by atoms with Gasteiger partial charge < -0.3 is 4.90 Å². The summed E-state index contributed by atoms with van der Waals surface area (Å²) in [6, 6.07) is 2.79. The van der Waals surface area contributed by atoms with Crippen molar-refractivity contribution in [3.63, 3.8) is 0 Å². The van der Waals surface area contributed by atoms with Gasteiger partial charge in [-0.05, 0) is 31.6 Å². The molecule has 0 radical (unpaired) electrons. The first-order valence-corrected chi connectivity index (χ1v) is 7.40. The summed E-state index contributed by atoms with van der Waals surface area (Å²) in [4.78, 5) is 11.2. The van der Waals surface area contributed by atoms with Gasteiger partial charge in [0.1, 0.15) is 12.1 Å². The van der Waals surface area contributed by atoms with Crippen LogP contribution in [0.15, 0.2) is 12.4 Å². The van der Waals surface area contributed by atoms with Crippen molar-refractivity contribution in [2.24, 2.45) is 0 Å². The number of aromatic nitrogens is 2. The molecule has 100 valence electrons. The largest absolute Gasteiger partial charge is 0.353 e. The molecular weight excluding hydrogens is 246 g/mol. The van der Waals surface area contributed by atoms with Gasteiger partial charge in [0.2, 0.25) is 0 Å². The summed E-state index contributed by atoms with van der Waals surface area (Å²) in [5.74, 6) is 2.23. The summed E-state index contributed by atoms with van der Waals surface area (Å²) in [7, 11) is 0. The van der Waals surface area contributed by atoms with E-state index in [0.29, 0.717) is 17.8 Å². The Hall–Kier alpha value is -0.830.